The monoisotopic (exact) mass is 469 g/mol. The topological polar surface area (TPSA) is 123 Å². The summed E-state index contributed by atoms with van der Waals surface area (Å²) in [6.07, 6.45) is 4.42. The Bertz CT molecular complexity index is 1550. The molecule has 0 atom stereocenters. The van der Waals surface area contributed by atoms with E-state index in [0.717, 1.165) is 16.5 Å². The number of carbonyl (C=O) groups excluding carboxylic acids is 1. The molecule has 1 amide bonds. The van der Waals surface area contributed by atoms with E-state index in [2.05, 4.69) is 15.4 Å². The highest BCUT2D eigenvalue weighted by Crippen LogP contribution is 2.28. The molecule has 0 radical (unpaired) electrons. The first-order valence-corrected chi connectivity index (χ1v) is 11.6. The molecule has 5 rings (SSSR count). The van der Waals surface area contributed by atoms with E-state index in [-0.39, 0.29) is 23.4 Å². The van der Waals surface area contributed by atoms with Crippen LogP contribution in [-0.2, 0) is 4.74 Å². The SMILES string of the molecule is CC(C)OCCCNC(=O)c1c(N)n(N=Cc2c[nH]c3ccccc23)c2nc3ccccc3nc12. The average Bonchev–Trinajstić information content (AvgIpc) is 3.38. The van der Waals surface area contributed by atoms with Crippen molar-refractivity contribution >= 4 is 51.0 Å². The molecule has 0 fully saturated rings. The summed E-state index contributed by atoms with van der Waals surface area (Å²) < 4.78 is 7.03. The van der Waals surface area contributed by atoms with Gasteiger partial charge in [0, 0.05) is 35.8 Å². The Morgan fingerprint density at radius 1 is 1.17 bits per heavy atom. The summed E-state index contributed by atoms with van der Waals surface area (Å²) in [6.45, 7) is 4.98. The zero-order valence-corrected chi connectivity index (χ0v) is 19.7. The fourth-order valence-corrected chi connectivity index (χ4v) is 3.99. The van der Waals surface area contributed by atoms with Crippen LogP contribution in [0, 0.1) is 0 Å². The number of amides is 1. The second-order valence-corrected chi connectivity index (χ2v) is 8.52. The number of aromatic nitrogens is 4. The van der Waals surface area contributed by atoms with Gasteiger partial charge in [0.15, 0.2) is 5.65 Å². The number of nitrogens with one attached hydrogen (secondary N) is 2. The van der Waals surface area contributed by atoms with E-state index in [1.807, 2.05) is 68.6 Å². The number of hydrogen-bond donors (Lipinski definition) is 3. The first-order chi connectivity index (χ1) is 17.0. The molecule has 178 valence electrons. The van der Waals surface area contributed by atoms with E-state index < -0.39 is 0 Å². The van der Waals surface area contributed by atoms with Crippen LogP contribution >= 0.6 is 0 Å². The Labute approximate surface area is 202 Å². The fraction of sp³-hybridized carbons (Fsp3) is 0.231. The standard InChI is InChI=1S/C26H27N7O2/c1-16(2)35-13-7-12-28-26(34)22-23-25(32-21-11-6-5-10-20(21)31-23)33(24(22)27)30-15-17-14-29-19-9-4-3-8-18(17)19/h3-6,8-11,14-16,29H,7,12-13,27H2,1-2H3,(H,28,34). The van der Waals surface area contributed by atoms with Gasteiger partial charge in [0.1, 0.15) is 16.9 Å². The lowest BCUT2D eigenvalue weighted by Gasteiger charge is -2.08. The Balaban J connectivity index is 1.53. The van der Waals surface area contributed by atoms with Crippen LogP contribution in [0.2, 0.25) is 0 Å². The maximum absolute atomic E-state index is 13.2. The highest BCUT2D eigenvalue weighted by Gasteiger charge is 2.24. The zero-order valence-electron chi connectivity index (χ0n) is 19.7. The van der Waals surface area contributed by atoms with Gasteiger partial charge in [0.25, 0.3) is 5.91 Å². The van der Waals surface area contributed by atoms with Crippen molar-refractivity contribution in [1.82, 2.24) is 24.9 Å². The maximum atomic E-state index is 13.2. The lowest BCUT2D eigenvalue weighted by molar-refractivity contribution is 0.0757. The van der Waals surface area contributed by atoms with Crippen LogP contribution in [0.5, 0.6) is 0 Å². The molecule has 4 N–H and O–H groups in total. The van der Waals surface area contributed by atoms with Crippen molar-refractivity contribution < 1.29 is 9.53 Å². The number of ether oxygens (including phenoxy) is 1. The molecule has 3 aromatic heterocycles. The number of fused-ring (bicyclic) bond motifs is 3. The van der Waals surface area contributed by atoms with Gasteiger partial charge >= 0.3 is 0 Å². The molecule has 9 heteroatoms. The Kier molecular flexibility index (Phi) is 6.15. The molecule has 0 bridgehead atoms. The Hall–Kier alpha value is -4.24. The molecule has 9 nitrogen and oxygen atoms in total. The summed E-state index contributed by atoms with van der Waals surface area (Å²) in [4.78, 5) is 25.8. The molecule has 0 aliphatic heterocycles. The minimum Gasteiger partial charge on any atom is -0.383 e. The van der Waals surface area contributed by atoms with Gasteiger partial charge in [-0.25, -0.2) is 9.97 Å². The van der Waals surface area contributed by atoms with Crippen molar-refractivity contribution in [3.05, 3.63) is 65.9 Å². The van der Waals surface area contributed by atoms with Crippen molar-refractivity contribution in [2.24, 2.45) is 5.10 Å². The third-order valence-corrected chi connectivity index (χ3v) is 5.69. The number of nitrogen functional groups attached to an aromatic ring is 1. The van der Waals surface area contributed by atoms with Crippen LogP contribution in [-0.4, -0.2) is 51.0 Å². The number of anilines is 1. The maximum Gasteiger partial charge on any atom is 0.257 e. The van der Waals surface area contributed by atoms with Crippen LogP contribution in [0.25, 0.3) is 33.1 Å². The fourth-order valence-electron chi connectivity index (χ4n) is 3.99. The number of nitrogens with two attached hydrogens (primary N) is 1. The van der Waals surface area contributed by atoms with E-state index in [1.54, 1.807) is 6.21 Å². The van der Waals surface area contributed by atoms with Gasteiger partial charge in [-0.15, -0.1) is 0 Å². The molecule has 0 saturated heterocycles. The van der Waals surface area contributed by atoms with Gasteiger partial charge in [-0.1, -0.05) is 30.3 Å². The highest BCUT2D eigenvalue weighted by molar-refractivity contribution is 6.11. The smallest absolute Gasteiger partial charge is 0.257 e. The predicted molar refractivity (Wildman–Crippen MR) is 139 cm³/mol. The van der Waals surface area contributed by atoms with Crippen LogP contribution in [0.15, 0.2) is 59.8 Å². The van der Waals surface area contributed by atoms with Gasteiger partial charge < -0.3 is 20.8 Å². The minimum absolute atomic E-state index is 0.151. The third-order valence-electron chi connectivity index (χ3n) is 5.69. The second kappa shape index (κ2) is 9.55. The number of H-pyrrole nitrogens is 1. The van der Waals surface area contributed by atoms with Crippen molar-refractivity contribution in [2.75, 3.05) is 18.9 Å². The van der Waals surface area contributed by atoms with Crippen molar-refractivity contribution in [1.29, 1.82) is 0 Å². The molecule has 0 saturated carbocycles. The van der Waals surface area contributed by atoms with Crippen LogP contribution < -0.4 is 11.1 Å². The predicted octanol–water partition coefficient (Wildman–Crippen LogP) is 4.08. The van der Waals surface area contributed by atoms with Gasteiger partial charge in [-0.05, 0) is 38.5 Å². The number of rotatable bonds is 8. The highest BCUT2D eigenvalue weighted by atomic mass is 16.5. The average molecular weight is 470 g/mol. The molecule has 0 aliphatic rings. The number of benzene rings is 2. The Morgan fingerprint density at radius 2 is 1.91 bits per heavy atom. The summed E-state index contributed by atoms with van der Waals surface area (Å²) in [5, 5.41) is 8.57. The first-order valence-electron chi connectivity index (χ1n) is 11.6. The minimum atomic E-state index is -0.317. The molecule has 35 heavy (non-hydrogen) atoms. The van der Waals surface area contributed by atoms with E-state index in [1.165, 1.54) is 4.68 Å². The molecule has 0 aliphatic carbocycles. The number of carbonyl (C=O) groups is 1. The number of para-hydroxylation sites is 3. The van der Waals surface area contributed by atoms with E-state index >= 15 is 0 Å². The Morgan fingerprint density at radius 3 is 2.71 bits per heavy atom. The summed E-state index contributed by atoms with van der Waals surface area (Å²) in [7, 11) is 0. The quantitative estimate of drug-likeness (QED) is 0.233. The summed E-state index contributed by atoms with van der Waals surface area (Å²) in [6, 6.07) is 15.5. The van der Waals surface area contributed by atoms with E-state index in [4.69, 9.17) is 20.4 Å². The number of nitrogens with zero attached hydrogens (tertiary/aromatic N) is 4. The molecule has 0 unspecified atom stereocenters. The van der Waals surface area contributed by atoms with Crippen molar-refractivity contribution in [2.45, 2.75) is 26.4 Å². The van der Waals surface area contributed by atoms with Crippen molar-refractivity contribution in [3.8, 4) is 0 Å². The molecular formula is C26H27N7O2. The number of hydrogen-bond acceptors (Lipinski definition) is 6. The van der Waals surface area contributed by atoms with Crippen molar-refractivity contribution in [3.63, 3.8) is 0 Å². The number of aromatic amines is 1. The summed E-state index contributed by atoms with van der Waals surface area (Å²) in [5.41, 5.74) is 10.8. The molecule has 3 heterocycles. The van der Waals surface area contributed by atoms with Gasteiger partial charge in [-0.3, -0.25) is 4.79 Å². The summed E-state index contributed by atoms with van der Waals surface area (Å²) >= 11 is 0. The molecular weight excluding hydrogens is 442 g/mol. The first kappa shape index (κ1) is 22.5. The lowest BCUT2D eigenvalue weighted by atomic mass is 10.2. The van der Waals surface area contributed by atoms with Crippen LogP contribution in [0.4, 0.5) is 5.82 Å². The van der Waals surface area contributed by atoms with Crippen LogP contribution in [0.1, 0.15) is 36.2 Å². The lowest BCUT2D eigenvalue weighted by Crippen LogP contribution is -2.26. The second-order valence-electron chi connectivity index (χ2n) is 8.52. The third kappa shape index (κ3) is 4.45. The van der Waals surface area contributed by atoms with E-state index in [0.29, 0.717) is 41.8 Å². The van der Waals surface area contributed by atoms with Gasteiger partial charge in [0.2, 0.25) is 0 Å². The van der Waals surface area contributed by atoms with Gasteiger partial charge in [-0.2, -0.15) is 9.78 Å². The normalized spacial score (nSPS) is 12.0. The molecule has 5 aromatic rings. The zero-order chi connectivity index (χ0) is 24.4. The molecule has 0 spiro atoms. The van der Waals surface area contributed by atoms with E-state index in [9.17, 15) is 4.79 Å². The van der Waals surface area contributed by atoms with Crippen LogP contribution in [0.3, 0.4) is 0 Å². The molecule has 2 aromatic carbocycles. The largest absolute Gasteiger partial charge is 0.383 e. The summed E-state index contributed by atoms with van der Waals surface area (Å²) in [5.74, 6) is -0.134. The van der Waals surface area contributed by atoms with Gasteiger partial charge in [0.05, 0.1) is 23.4 Å².